The van der Waals surface area contributed by atoms with Crippen molar-refractivity contribution in [3.05, 3.63) is 11.9 Å². The van der Waals surface area contributed by atoms with Gasteiger partial charge in [0, 0.05) is 0 Å². The lowest BCUT2D eigenvalue weighted by molar-refractivity contribution is 0.324. The maximum atomic E-state index is 5.63. The van der Waals surface area contributed by atoms with Gasteiger partial charge >= 0.3 is 0 Å². The van der Waals surface area contributed by atoms with Crippen molar-refractivity contribution in [2.45, 2.75) is 44.6 Å². The number of hydrazine groups is 1. The fourth-order valence-corrected chi connectivity index (χ4v) is 2.87. The van der Waals surface area contributed by atoms with Gasteiger partial charge in [-0.15, -0.1) is 0 Å². The Morgan fingerprint density at radius 2 is 2.07 bits per heavy atom. The molecule has 1 aromatic rings. The van der Waals surface area contributed by atoms with Crippen LogP contribution >= 0.6 is 11.7 Å². The van der Waals surface area contributed by atoms with Crippen LogP contribution in [0.1, 0.15) is 50.3 Å². The highest BCUT2D eigenvalue weighted by Gasteiger charge is 2.24. The Hall–Kier alpha value is -0.520. The van der Waals surface area contributed by atoms with E-state index in [0.29, 0.717) is 5.92 Å². The first-order valence-electron chi connectivity index (χ1n) is 5.65. The molecule has 1 unspecified atom stereocenters. The van der Waals surface area contributed by atoms with Crippen molar-refractivity contribution in [2.75, 3.05) is 0 Å². The third-order valence-corrected chi connectivity index (χ3v) is 3.74. The second kappa shape index (κ2) is 5.53. The van der Waals surface area contributed by atoms with Crippen molar-refractivity contribution < 1.29 is 0 Å². The van der Waals surface area contributed by atoms with Gasteiger partial charge in [-0.3, -0.25) is 11.3 Å². The van der Waals surface area contributed by atoms with E-state index >= 15 is 0 Å². The van der Waals surface area contributed by atoms with E-state index in [1.54, 1.807) is 0 Å². The Labute approximate surface area is 94.6 Å². The molecule has 1 aliphatic carbocycles. The lowest BCUT2D eigenvalue weighted by Crippen LogP contribution is -2.33. The Kier molecular flexibility index (Phi) is 4.05. The summed E-state index contributed by atoms with van der Waals surface area (Å²) in [6.45, 7) is 0. The lowest BCUT2D eigenvalue weighted by atomic mass is 9.90. The molecule has 3 N–H and O–H groups in total. The molecular formula is C10H18N4S. The van der Waals surface area contributed by atoms with E-state index in [1.807, 2.05) is 6.20 Å². The number of nitrogens with one attached hydrogen (secondary N) is 1. The molecule has 1 aliphatic rings. The normalized spacial score (nSPS) is 21.1. The molecule has 5 heteroatoms. The van der Waals surface area contributed by atoms with Crippen molar-refractivity contribution in [1.82, 2.24) is 14.2 Å². The van der Waals surface area contributed by atoms with Gasteiger partial charge in [0.15, 0.2) is 0 Å². The number of hydrogen-bond donors (Lipinski definition) is 2. The van der Waals surface area contributed by atoms with Crippen molar-refractivity contribution in [2.24, 2.45) is 11.8 Å². The van der Waals surface area contributed by atoms with Gasteiger partial charge in [-0.25, -0.2) is 0 Å². The van der Waals surface area contributed by atoms with E-state index in [4.69, 9.17) is 5.84 Å². The van der Waals surface area contributed by atoms with E-state index in [1.165, 1.54) is 50.3 Å². The predicted molar refractivity (Wildman–Crippen MR) is 61.2 cm³/mol. The average Bonchev–Trinajstić information content (AvgIpc) is 2.63. The second-order valence-electron chi connectivity index (χ2n) is 4.23. The van der Waals surface area contributed by atoms with E-state index in [9.17, 15) is 0 Å². The quantitative estimate of drug-likeness (QED) is 0.470. The molecule has 0 radical (unpaired) electrons. The molecule has 1 heterocycles. The minimum Gasteiger partial charge on any atom is -0.271 e. The summed E-state index contributed by atoms with van der Waals surface area (Å²) in [6.07, 6.45) is 9.71. The molecule has 0 saturated heterocycles. The predicted octanol–water partition coefficient (Wildman–Crippen LogP) is 2.01. The molecular weight excluding hydrogens is 208 g/mol. The van der Waals surface area contributed by atoms with Gasteiger partial charge in [-0.2, -0.15) is 8.75 Å². The highest BCUT2D eigenvalue weighted by molar-refractivity contribution is 6.99. The highest BCUT2D eigenvalue weighted by atomic mass is 32.1. The van der Waals surface area contributed by atoms with Gasteiger partial charge in [0.2, 0.25) is 0 Å². The zero-order valence-corrected chi connectivity index (χ0v) is 9.67. The summed E-state index contributed by atoms with van der Waals surface area (Å²) in [5, 5.41) is 0. The molecule has 0 spiro atoms. The largest absolute Gasteiger partial charge is 0.271 e. The van der Waals surface area contributed by atoms with Gasteiger partial charge in [0.25, 0.3) is 0 Å². The minimum absolute atomic E-state index is 0.196. The fraction of sp³-hybridized carbons (Fsp3) is 0.800. The molecule has 15 heavy (non-hydrogen) atoms. The zero-order chi connectivity index (χ0) is 10.5. The number of aromatic nitrogens is 2. The summed E-state index contributed by atoms with van der Waals surface area (Å²) in [7, 11) is 0. The summed E-state index contributed by atoms with van der Waals surface area (Å²) in [4.78, 5) is 0. The van der Waals surface area contributed by atoms with E-state index in [0.717, 1.165) is 5.69 Å². The smallest absolute Gasteiger partial charge is 0.0928 e. The van der Waals surface area contributed by atoms with Crippen molar-refractivity contribution in [3.8, 4) is 0 Å². The Morgan fingerprint density at radius 3 is 2.60 bits per heavy atom. The third kappa shape index (κ3) is 2.74. The first-order valence-corrected chi connectivity index (χ1v) is 6.38. The first-order chi connectivity index (χ1) is 7.42. The maximum Gasteiger partial charge on any atom is 0.0928 e. The number of rotatable bonds is 3. The fourth-order valence-electron chi connectivity index (χ4n) is 2.42. The third-order valence-electron chi connectivity index (χ3n) is 3.25. The van der Waals surface area contributed by atoms with Crippen molar-refractivity contribution >= 4 is 11.7 Å². The molecule has 1 aromatic heterocycles. The Morgan fingerprint density at radius 1 is 1.33 bits per heavy atom. The molecule has 0 bridgehead atoms. The molecule has 0 amide bonds. The lowest BCUT2D eigenvalue weighted by Gasteiger charge is -2.23. The van der Waals surface area contributed by atoms with Gasteiger partial charge in [0.05, 0.1) is 29.7 Å². The Bertz CT molecular complexity index is 267. The first kappa shape index (κ1) is 11.0. The molecule has 0 aliphatic heterocycles. The highest BCUT2D eigenvalue weighted by Crippen LogP contribution is 2.32. The molecule has 0 aromatic carbocycles. The van der Waals surface area contributed by atoms with Crippen molar-refractivity contribution in [3.63, 3.8) is 0 Å². The van der Waals surface area contributed by atoms with Crippen LogP contribution in [0.3, 0.4) is 0 Å². The average molecular weight is 226 g/mol. The summed E-state index contributed by atoms with van der Waals surface area (Å²) in [5.74, 6) is 6.26. The Balaban J connectivity index is 2.04. The summed E-state index contributed by atoms with van der Waals surface area (Å²) in [6, 6.07) is 0.196. The van der Waals surface area contributed by atoms with Crippen LogP contribution in [0.2, 0.25) is 0 Å². The molecule has 1 fully saturated rings. The molecule has 84 valence electrons. The molecule has 4 nitrogen and oxygen atoms in total. The van der Waals surface area contributed by atoms with Gasteiger partial charge in [0.1, 0.15) is 0 Å². The van der Waals surface area contributed by atoms with Crippen LogP contribution in [-0.2, 0) is 0 Å². The van der Waals surface area contributed by atoms with Gasteiger partial charge in [-0.1, -0.05) is 25.7 Å². The van der Waals surface area contributed by atoms with Crippen LogP contribution in [-0.4, -0.2) is 8.75 Å². The van der Waals surface area contributed by atoms with Crippen LogP contribution in [0.4, 0.5) is 0 Å². The zero-order valence-electron chi connectivity index (χ0n) is 8.85. The number of nitrogens with zero attached hydrogens (tertiary/aromatic N) is 2. The van der Waals surface area contributed by atoms with Crippen molar-refractivity contribution in [1.29, 1.82) is 0 Å². The minimum atomic E-state index is 0.196. The molecule has 2 rings (SSSR count). The van der Waals surface area contributed by atoms with E-state index < -0.39 is 0 Å². The van der Waals surface area contributed by atoms with Gasteiger partial charge in [-0.05, 0) is 18.8 Å². The summed E-state index contributed by atoms with van der Waals surface area (Å²) >= 11 is 1.26. The number of nitrogens with two attached hydrogens (primary N) is 1. The van der Waals surface area contributed by atoms with E-state index in [-0.39, 0.29) is 6.04 Å². The summed E-state index contributed by atoms with van der Waals surface area (Å²) in [5.41, 5.74) is 3.91. The second-order valence-corrected chi connectivity index (χ2v) is 4.78. The topological polar surface area (TPSA) is 63.8 Å². The standard InChI is InChI=1S/C10H18N4S/c11-13-10(9-7-12-15-14-9)8-5-3-1-2-4-6-8/h7-8,10,13H,1-6,11H2. The molecule has 1 saturated carbocycles. The van der Waals surface area contributed by atoms with Gasteiger partial charge < -0.3 is 0 Å². The summed E-state index contributed by atoms with van der Waals surface area (Å²) < 4.78 is 8.33. The van der Waals surface area contributed by atoms with Crippen LogP contribution < -0.4 is 11.3 Å². The van der Waals surface area contributed by atoms with Crippen LogP contribution in [0.15, 0.2) is 6.20 Å². The SMILES string of the molecule is NNC(c1cnsn1)C1CCCCCC1. The number of hydrogen-bond acceptors (Lipinski definition) is 5. The maximum absolute atomic E-state index is 5.63. The van der Waals surface area contributed by atoms with Crippen LogP contribution in [0.5, 0.6) is 0 Å². The van der Waals surface area contributed by atoms with E-state index in [2.05, 4.69) is 14.2 Å². The monoisotopic (exact) mass is 226 g/mol. The van der Waals surface area contributed by atoms with Crippen LogP contribution in [0.25, 0.3) is 0 Å². The van der Waals surface area contributed by atoms with Crippen LogP contribution in [0, 0.1) is 5.92 Å². The molecule has 1 atom stereocenters.